The number of esters is 2. The first-order valence-electron chi connectivity index (χ1n) is 8.99. The van der Waals surface area contributed by atoms with Crippen LogP contribution in [0.15, 0.2) is 54.6 Å². The lowest BCUT2D eigenvalue weighted by molar-refractivity contribution is -0.149. The van der Waals surface area contributed by atoms with Gasteiger partial charge in [-0.1, -0.05) is 36.4 Å². The molecule has 0 heterocycles. The van der Waals surface area contributed by atoms with Gasteiger partial charge in [0.25, 0.3) is 11.8 Å². The van der Waals surface area contributed by atoms with Gasteiger partial charge in [0.05, 0.1) is 7.11 Å². The molecule has 8 nitrogen and oxygen atoms in total. The van der Waals surface area contributed by atoms with Gasteiger partial charge in [0.1, 0.15) is 18.4 Å². The summed E-state index contributed by atoms with van der Waals surface area (Å²) in [7, 11) is 1.20. The van der Waals surface area contributed by atoms with E-state index in [2.05, 4.69) is 10.6 Å². The molecule has 158 valence electrons. The third-order valence-electron chi connectivity index (χ3n) is 3.95. The smallest absolute Gasteiger partial charge is 0.328 e. The Morgan fingerprint density at radius 1 is 1.03 bits per heavy atom. The number of rotatable bonds is 9. The third-order valence-corrected chi connectivity index (χ3v) is 3.95. The molecule has 2 N–H and O–H groups in total. The van der Waals surface area contributed by atoms with E-state index in [1.807, 2.05) is 6.07 Å². The van der Waals surface area contributed by atoms with Crippen LogP contribution in [0.2, 0.25) is 0 Å². The first-order chi connectivity index (χ1) is 14.4. The first kappa shape index (κ1) is 22.5. The Morgan fingerprint density at radius 3 is 2.43 bits per heavy atom. The number of nitrogens with one attached hydrogen (secondary N) is 2. The Balaban J connectivity index is 1.79. The number of hydrogen-bond acceptors (Lipinski definition) is 6. The average Bonchev–Trinajstić information content (AvgIpc) is 2.75. The van der Waals surface area contributed by atoms with Crippen LogP contribution in [0.25, 0.3) is 0 Å². The summed E-state index contributed by atoms with van der Waals surface area (Å²) in [4.78, 5) is 47.5. The fourth-order valence-corrected chi connectivity index (χ4v) is 2.50. The van der Waals surface area contributed by atoms with Crippen molar-refractivity contribution in [1.82, 2.24) is 10.6 Å². The minimum atomic E-state index is -0.948. The second-order valence-corrected chi connectivity index (χ2v) is 6.19. The van der Waals surface area contributed by atoms with Crippen molar-refractivity contribution in [1.29, 1.82) is 0 Å². The van der Waals surface area contributed by atoms with Crippen LogP contribution >= 0.6 is 0 Å². The van der Waals surface area contributed by atoms with Gasteiger partial charge >= 0.3 is 11.9 Å². The molecule has 2 rings (SSSR count). The lowest BCUT2D eigenvalue weighted by atomic mass is 10.1. The van der Waals surface area contributed by atoms with Crippen LogP contribution in [0.1, 0.15) is 15.9 Å². The number of ether oxygens (including phenoxy) is 2. The zero-order valence-corrected chi connectivity index (χ0v) is 16.2. The van der Waals surface area contributed by atoms with Gasteiger partial charge in [0.2, 0.25) is 0 Å². The van der Waals surface area contributed by atoms with Gasteiger partial charge in [-0.05, 0) is 23.8 Å². The van der Waals surface area contributed by atoms with Crippen molar-refractivity contribution < 1.29 is 33.0 Å². The van der Waals surface area contributed by atoms with E-state index in [9.17, 15) is 23.6 Å². The van der Waals surface area contributed by atoms with Crippen LogP contribution in [0.4, 0.5) is 4.39 Å². The summed E-state index contributed by atoms with van der Waals surface area (Å²) in [5.74, 6) is -3.46. The molecule has 0 radical (unpaired) electrons. The monoisotopic (exact) mass is 416 g/mol. The zero-order valence-electron chi connectivity index (χ0n) is 16.2. The number of carbonyl (C=O) groups excluding carboxylic acids is 4. The Labute approximate surface area is 172 Å². The molecule has 0 unspecified atom stereocenters. The molecule has 0 aliphatic carbocycles. The number of hydrogen-bond donors (Lipinski definition) is 2. The summed E-state index contributed by atoms with van der Waals surface area (Å²) in [5, 5.41) is 4.71. The second-order valence-electron chi connectivity index (χ2n) is 6.19. The SMILES string of the molecule is COC(=O)[C@@H](Cc1ccccc1)NC(=O)COC(=O)CNC(=O)c1cccc(F)c1. The van der Waals surface area contributed by atoms with E-state index in [0.717, 1.165) is 11.6 Å². The zero-order chi connectivity index (χ0) is 21.9. The molecule has 0 aliphatic heterocycles. The number of carbonyl (C=O) groups is 4. The van der Waals surface area contributed by atoms with Crippen molar-refractivity contribution in [2.75, 3.05) is 20.3 Å². The molecule has 0 aromatic heterocycles. The van der Waals surface area contributed by atoms with E-state index in [1.54, 1.807) is 24.3 Å². The first-order valence-corrected chi connectivity index (χ1v) is 8.99. The molecule has 2 amide bonds. The summed E-state index contributed by atoms with van der Waals surface area (Å²) >= 11 is 0. The summed E-state index contributed by atoms with van der Waals surface area (Å²) in [6.07, 6.45) is 0.205. The highest BCUT2D eigenvalue weighted by Crippen LogP contribution is 2.05. The van der Waals surface area contributed by atoms with Crippen LogP contribution in [0, 0.1) is 5.82 Å². The normalized spacial score (nSPS) is 11.1. The van der Waals surface area contributed by atoms with Gasteiger partial charge < -0.3 is 20.1 Å². The van der Waals surface area contributed by atoms with Crippen LogP contribution in [0.3, 0.4) is 0 Å². The molecule has 0 fully saturated rings. The Hall–Kier alpha value is -3.75. The van der Waals surface area contributed by atoms with E-state index in [4.69, 9.17) is 9.47 Å². The van der Waals surface area contributed by atoms with Crippen LogP contribution in [0.5, 0.6) is 0 Å². The molecule has 0 bridgehead atoms. The predicted molar refractivity (Wildman–Crippen MR) is 104 cm³/mol. The maximum absolute atomic E-state index is 13.1. The third kappa shape index (κ3) is 7.34. The van der Waals surface area contributed by atoms with Gasteiger partial charge in [0, 0.05) is 12.0 Å². The molecule has 1 atom stereocenters. The number of benzene rings is 2. The highest BCUT2D eigenvalue weighted by Gasteiger charge is 2.22. The molecule has 9 heteroatoms. The quantitative estimate of drug-likeness (QED) is 0.590. The Bertz CT molecular complexity index is 903. The van der Waals surface area contributed by atoms with Crippen molar-refractivity contribution in [2.45, 2.75) is 12.5 Å². The lowest BCUT2D eigenvalue weighted by Gasteiger charge is -2.16. The summed E-state index contributed by atoms with van der Waals surface area (Å²) in [5.41, 5.74) is 0.854. The minimum absolute atomic E-state index is 0.0439. The fourth-order valence-electron chi connectivity index (χ4n) is 2.50. The van der Waals surface area contributed by atoms with Crippen molar-refractivity contribution >= 4 is 23.8 Å². The molecule has 30 heavy (non-hydrogen) atoms. The van der Waals surface area contributed by atoms with E-state index in [1.165, 1.54) is 25.3 Å². The molecule has 0 aliphatic rings. The van der Waals surface area contributed by atoms with Gasteiger partial charge in [-0.15, -0.1) is 0 Å². The molecular formula is C21H21FN2O6. The topological polar surface area (TPSA) is 111 Å². The number of halogens is 1. The fraction of sp³-hybridized carbons (Fsp3) is 0.238. The van der Waals surface area contributed by atoms with Gasteiger partial charge in [-0.3, -0.25) is 14.4 Å². The van der Waals surface area contributed by atoms with Crippen molar-refractivity contribution in [3.8, 4) is 0 Å². The highest BCUT2D eigenvalue weighted by molar-refractivity contribution is 5.96. The summed E-state index contributed by atoms with van der Waals surface area (Å²) < 4.78 is 22.6. The van der Waals surface area contributed by atoms with E-state index in [-0.39, 0.29) is 12.0 Å². The van der Waals surface area contributed by atoms with Crippen molar-refractivity contribution in [3.05, 3.63) is 71.5 Å². The van der Waals surface area contributed by atoms with E-state index >= 15 is 0 Å². The van der Waals surface area contributed by atoms with Crippen LogP contribution in [-0.4, -0.2) is 50.1 Å². The van der Waals surface area contributed by atoms with Crippen molar-refractivity contribution in [3.63, 3.8) is 0 Å². The maximum Gasteiger partial charge on any atom is 0.328 e. The maximum atomic E-state index is 13.1. The molecule has 0 spiro atoms. The van der Waals surface area contributed by atoms with Gasteiger partial charge in [0.15, 0.2) is 6.61 Å². The van der Waals surface area contributed by atoms with Gasteiger partial charge in [-0.2, -0.15) is 0 Å². The molecular weight excluding hydrogens is 395 g/mol. The minimum Gasteiger partial charge on any atom is -0.467 e. The highest BCUT2D eigenvalue weighted by atomic mass is 19.1. The second kappa shape index (κ2) is 11.3. The van der Waals surface area contributed by atoms with Crippen molar-refractivity contribution in [2.24, 2.45) is 0 Å². The van der Waals surface area contributed by atoms with Crippen LogP contribution in [-0.2, 0) is 30.3 Å². The molecule has 0 saturated heterocycles. The Morgan fingerprint density at radius 2 is 1.77 bits per heavy atom. The van der Waals surface area contributed by atoms with Gasteiger partial charge in [-0.25, -0.2) is 9.18 Å². The number of amides is 2. The summed E-state index contributed by atoms with van der Waals surface area (Å²) in [6, 6.07) is 13.0. The molecule has 2 aromatic rings. The Kier molecular flexibility index (Phi) is 8.49. The van der Waals surface area contributed by atoms with E-state index < -0.39 is 48.8 Å². The molecule has 2 aromatic carbocycles. The largest absolute Gasteiger partial charge is 0.467 e. The number of methoxy groups -OCH3 is 1. The summed E-state index contributed by atoms with van der Waals surface area (Å²) in [6.45, 7) is -1.15. The van der Waals surface area contributed by atoms with E-state index in [0.29, 0.717) is 0 Å². The predicted octanol–water partition coefficient (Wildman–Crippen LogP) is 0.999. The molecule has 0 saturated carbocycles. The standard InChI is InChI=1S/C21H21FN2O6/c1-29-21(28)17(10-14-6-3-2-4-7-14)24-18(25)13-30-19(26)12-23-20(27)15-8-5-9-16(22)11-15/h2-9,11,17H,10,12-13H2,1H3,(H,23,27)(H,24,25)/t17-/m1/s1. The lowest BCUT2D eigenvalue weighted by Crippen LogP contribution is -2.45. The van der Waals surface area contributed by atoms with Crippen LogP contribution < -0.4 is 10.6 Å². The average molecular weight is 416 g/mol.